The third-order valence-electron chi connectivity index (χ3n) is 6.01. The molecule has 0 aromatic heterocycles. The molecule has 2 heteroatoms. The van der Waals surface area contributed by atoms with Crippen LogP contribution in [-0.4, -0.2) is 14.7 Å². The maximum atomic E-state index is 6.21. The van der Waals surface area contributed by atoms with Gasteiger partial charge in [0, 0.05) is 5.54 Å². The zero-order valence-corrected chi connectivity index (χ0v) is 18.3. The number of rotatable bonds is 5. The Bertz CT molecular complexity index is 1000. The summed E-state index contributed by atoms with van der Waals surface area (Å²) in [6.45, 7) is 13.7. The fraction of sp³-hybridized carbons (Fsp3) is 0.231. The van der Waals surface area contributed by atoms with E-state index in [2.05, 4.69) is 94.2 Å². The van der Waals surface area contributed by atoms with Crippen molar-refractivity contribution in [2.75, 3.05) is 6.61 Å². The summed E-state index contributed by atoms with van der Waals surface area (Å²) in [5, 5.41) is 1.41. The number of fused-ring (bicyclic) bond motifs is 3. The summed E-state index contributed by atoms with van der Waals surface area (Å²) >= 11 is 0. The summed E-state index contributed by atoms with van der Waals surface area (Å²) in [4.78, 5) is 0. The third kappa shape index (κ3) is 2.93. The molecule has 1 aliphatic rings. The lowest BCUT2D eigenvalue weighted by Gasteiger charge is -2.34. The maximum Gasteiger partial charge on any atom is 0.121 e. The minimum Gasteiger partial charge on any atom is -0.489 e. The quantitative estimate of drug-likeness (QED) is 0.379. The van der Waals surface area contributed by atoms with Gasteiger partial charge in [-0.3, -0.25) is 0 Å². The highest BCUT2D eigenvalue weighted by Crippen LogP contribution is 2.49. The van der Waals surface area contributed by atoms with E-state index >= 15 is 0 Å². The Morgan fingerprint density at radius 2 is 1.50 bits per heavy atom. The molecule has 0 bridgehead atoms. The van der Waals surface area contributed by atoms with Gasteiger partial charge in [-0.05, 0) is 46.9 Å². The fourth-order valence-corrected chi connectivity index (χ4v) is 8.68. The lowest BCUT2D eigenvalue weighted by Crippen LogP contribution is -2.48. The van der Waals surface area contributed by atoms with E-state index < -0.39 is 8.07 Å². The molecule has 4 rings (SSSR count). The number of ether oxygens (including phenoxy) is 1. The number of hydrogen-bond donors (Lipinski definition) is 0. The van der Waals surface area contributed by atoms with Gasteiger partial charge >= 0.3 is 0 Å². The highest BCUT2D eigenvalue weighted by Gasteiger charge is 2.43. The first kappa shape index (κ1) is 18.8. The summed E-state index contributed by atoms with van der Waals surface area (Å²) in [6, 6.07) is 22.4. The predicted octanol–water partition coefficient (Wildman–Crippen LogP) is 6.14. The van der Waals surface area contributed by atoms with Crippen molar-refractivity contribution in [1.29, 1.82) is 0 Å². The first-order valence-electron chi connectivity index (χ1n) is 9.98. The minimum absolute atomic E-state index is 0.423. The van der Waals surface area contributed by atoms with Crippen LogP contribution in [0.25, 0.3) is 11.1 Å². The van der Waals surface area contributed by atoms with Crippen molar-refractivity contribution >= 4 is 13.3 Å². The first-order valence-corrected chi connectivity index (χ1v) is 13.1. The van der Waals surface area contributed by atoms with Crippen molar-refractivity contribution in [1.82, 2.24) is 0 Å². The van der Waals surface area contributed by atoms with Crippen molar-refractivity contribution in [3.05, 3.63) is 95.6 Å². The molecule has 0 aliphatic heterocycles. The smallest absolute Gasteiger partial charge is 0.121 e. The maximum absolute atomic E-state index is 6.21. The Balaban J connectivity index is 1.94. The van der Waals surface area contributed by atoms with E-state index in [4.69, 9.17) is 4.74 Å². The van der Waals surface area contributed by atoms with Gasteiger partial charge in [-0.1, -0.05) is 92.0 Å². The highest BCUT2D eigenvalue weighted by atomic mass is 28.3. The van der Waals surface area contributed by atoms with Gasteiger partial charge in [0.15, 0.2) is 0 Å². The lowest BCUT2D eigenvalue weighted by molar-refractivity contribution is 0.363. The van der Waals surface area contributed by atoms with E-state index in [1.165, 1.54) is 38.6 Å². The van der Waals surface area contributed by atoms with Crippen LogP contribution in [0.5, 0.6) is 5.75 Å². The van der Waals surface area contributed by atoms with Crippen LogP contribution in [0.2, 0.25) is 13.1 Å². The molecule has 3 aromatic rings. The molecular weight excluding hydrogens is 356 g/mol. The molecule has 1 aliphatic carbocycles. The summed E-state index contributed by atoms with van der Waals surface area (Å²) in [6.07, 6.45) is 1.83. The molecule has 0 unspecified atom stereocenters. The van der Waals surface area contributed by atoms with Gasteiger partial charge in [0.05, 0.1) is 8.07 Å². The molecule has 0 radical (unpaired) electrons. The van der Waals surface area contributed by atoms with Crippen LogP contribution in [0.1, 0.15) is 27.8 Å². The van der Waals surface area contributed by atoms with Crippen LogP contribution in [-0.2, 0) is 0 Å². The van der Waals surface area contributed by atoms with Crippen molar-refractivity contribution in [2.45, 2.75) is 32.5 Å². The molecule has 0 N–H and O–H groups in total. The van der Waals surface area contributed by atoms with Gasteiger partial charge in [-0.15, -0.1) is 0 Å². The number of benzene rings is 3. The molecule has 0 amide bonds. The standard InChI is InChI=1S/C26H28OSi/c1-6-15-27-25-19(3)16-18(2)17-24(25)28(4,5)26-22-13-9-7-11-20(22)21-12-8-10-14-23(21)26/h6-14,16-17,26H,1,15H2,2-5H3. The molecule has 0 saturated heterocycles. The molecule has 3 aromatic carbocycles. The van der Waals surface area contributed by atoms with Crippen LogP contribution < -0.4 is 9.92 Å². The molecule has 0 saturated carbocycles. The van der Waals surface area contributed by atoms with Crippen LogP contribution in [0.4, 0.5) is 0 Å². The van der Waals surface area contributed by atoms with Crippen LogP contribution in [0.3, 0.4) is 0 Å². The first-order chi connectivity index (χ1) is 13.4. The van der Waals surface area contributed by atoms with Crippen LogP contribution >= 0.6 is 0 Å². The van der Waals surface area contributed by atoms with Crippen molar-refractivity contribution < 1.29 is 4.74 Å². The Morgan fingerprint density at radius 3 is 2.07 bits per heavy atom. The van der Waals surface area contributed by atoms with Gasteiger partial charge in [0.25, 0.3) is 0 Å². The Hall–Kier alpha value is -2.58. The molecule has 0 spiro atoms. The topological polar surface area (TPSA) is 9.23 Å². The molecule has 1 nitrogen and oxygen atoms in total. The molecule has 0 atom stereocenters. The van der Waals surface area contributed by atoms with E-state index in [0.29, 0.717) is 12.1 Å². The van der Waals surface area contributed by atoms with Gasteiger partial charge in [0.2, 0.25) is 0 Å². The van der Waals surface area contributed by atoms with Crippen molar-refractivity contribution in [3.63, 3.8) is 0 Å². The summed E-state index contributed by atoms with van der Waals surface area (Å²) < 4.78 is 6.21. The number of hydrogen-bond acceptors (Lipinski definition) is 1. The SMILES string of the molecule is C=CCOc1c(C)cc(C)cc1[Si](C)(C)C1c2ccccc2-c2ccccc21. The monoisotopic (exact) mass is 384 g/mol. The highest BCUT2D eigenvalue weighted by molar-refractivity contribution is 6.92. The molecular formula is C26H28OSi. The third-order valence-corrected chi connectivity index (χ3v) is 9.84. The average Bonchev–Trinajstić information content (AvgIpc) is 3.02. The predicted molar refractivity (Wildman–Crippen MR) is 122 cm³/mol. The largest absolute Gasteiger partial charge is 0.489 e. The van der Waals surface area contributed by atoms with Gasteiger partial charge in [-0.2, -0.15) is 0 Å². The molecule has 28 heavy (non-hydrogen) atoms. The Morgan fingerprint density at radius 1 is 0.929 bits per heavy atom. The van der Waals surface area contributed by atoms with Gasteiger partial charge in [-0.25, -0.2) is 0 Å². The zero-order valence-electron chi connectivity index (χ0n) is 17.3. The van der Waals surface area contributed by atoms with Crippen LogP contribution in [0.15, 0.2) is 73.3 Å². The number of aryl methyl sites for hydroxylation is 2. The van der Waals surface area contributed by atoms with E-state index in [-0.39, 0.29) is 0 Å². The second-order valence-corrected chi connectivity index (χ2v) is 12.9. The lowest BCUT2D eigenvalue weighted by atomic mass is 10.1. The van der Waals surface area contributed by atoms with Crippen molar-refractivity contribution in [2.24, 2.45) is 0 Å². The van der Waals surface area contributed by atoms with E-state index in [1.54, 1.807) is 0 Å². The summed E-state index contributed by atoms with van der Waals surface area (Å²) in [7, 11) is -1.97. The molecule has 0 heterocycles. The van der Waals surface area contributed by atoms with Gasteiger partial charge < -0.3 is 4.74 Å². The van der Waals surface area contributed by atoms with Crippen LogP contribution in [0, 0.1) is 13.8 Å². The summed E-state index contributed by atoms with van der Waals surface area (Å²) in [5.74, 6) is 1.06. The van der Waals surface area contributed by atoms with E-state index in [0.717, 1.165) is 5.75 Å². The second-order valence-electron chi connectivity index (χ2n) is 8.39. The Kier molecular flexibility index (Phi) is 4.76. The minimum atomic E-state index is -1.97. The average molecular weight is 385 g/mol. The normalized spacial score (nSPS) is 13.1. The molecule has 0 fully saturated rings. The van der Waals surface area contributed by atoms with E-state index in [9.17, 15) is 0 Å². The molecule has 142 valence electrons. The van der Waals surface area contributed by atoms with E-state index in [1.807, 2.05) is 6.08 Å². The fourth-order valence-electron chi connectivity index (χ4n) is 4.86. The van der Waals surface area contributed by atoms with Gasteiger partial charge in [0.1, 0.15) is 12.4 Å². The second kappa shape index (κ2) is 7.10. The van der Waals surface area contributed by atoms with Crippen molar-refractivity contribution in [3.8, 4) is 16.9 Å². The zero-order chi connectivity index (χ0) is 19.9. The Labute approximate surface area is 169 Å². The summed E-state index contributed by atoms with van der Waals surface area (Å²) in [5.41, 5.74) is 8.66.